The molecule has 0 amide bonds. The summed E-state index contributed by atoms with van der Waals surface area (Å²) in [5.74, 6) is 1.55. The Labute approximate surface area is 182 Å². The van der Waals surface area contributed by atoms with Crippen molar-refractivity contribution >= 4 is 5.78 Å². The molecule has 3 aromatic rings. The third-order valence-corrected chi connectivity index (χ3v) is 6.31. The summed E-state index contributed by atoms with van der Waals surface area (Å²) in [6.45, 7) is 6.98. The minimum Gasteiger partial charge on any atom is -0.454 e. The monoisotopic (exact) mass is 417 g/mol. The predicted molar refractivity (Wildman–Crippen MR) is 118 cm³/mol. The third-order valence-electron chi connectivity index (χ3n) is 6.31. The fraction of sp³-hybridized carbons (Fsp3) is 0.360. The van der Waals surface area contributed by atoms with Crippen LogP contribution in [0.25, 0.3) is 11.3 Å². The zero-order valence-corrected chi connectivity index (χ0v) is 18.0. The van der Waals surface area contributed by atoms with Gasteiger partial charge >= 0.3 is 0 Å². The molecule has 2 aromatic carbocycles. The van der Waals surface area contributed by atoms with E-state index in [2.05, 4.69) is 47.1 Å². The average Bonchev–Trinajstić information content (AvgIpc) is 3.44. The summed E-state index contributed by atoms with van der Waals surface area (Å²) >= 11 is 0. The molecule has 160 valence electrons. The van der Waals surface area contributed by atoms with Crippen molar-refractivity contribution < 1.29 is 14.3 Å². The van der Waals surface area contributed by atoms with Crippen LogP contribution in [0.4, 0.5) is 0 Å². The van der Waals surface area contributed by atoms with Gasteiger partial charge in [-0.25, -0.2) is 0 Å². The largest absolute Gasteiger partial charge is 0.454 e. The first-order valence-electron chi connectivity index (χ1n) is 10.8. The fourth-order valence-electron chi connectivity index (χ4n) is 4.61. The standard InChI is InChI=1S/C25H27N3O3/c1-16-5-6-17(2)21(10-16)24-20(12-26-27-24)14-28-9-3-4-19(13-28)25(29)18-7-8-22-23(11-18)31-15-30-22/h5-8,10-12,19H,3-4,9,13-15H2,1-2H3,(H,26,27)/t19-/m0/s1. The second-order valence-corrected chi connectivity index (χ2v) is 8.60. The van der Waals surface area contributed by atoms with Crippen LogP contribution in [0.5, 0.6) is 11.5 Å². The van der Waals surface area contributed by atoms with Gasteiger partial charge in [-0.2, -0.15) is 5.10 Å². The summed E-state index contributed by atoms with van der Waals surface area (Å²) in [7, 11) is 0. The Morgan fingerprint density at radius 1 is 1.16 bits per heavy atom. The number of nitrogens with zero attached hydrogens (tertiary/aromatic N) is 2. The number of likely N-dealkylation sites (tertiary alicyclic amines) is 1. The Morgan fingerprint density at radius 2 is 2.03 bits per heavy atom. The van der Waals surface area contributed by atoms with Crippen molar-refractivity contribution in [2.75, 3.05) is 19.9 Å². The van der Waals surface area contributed by atoms with Gasteiger partial charge in [-0.15, -0.1) is 0 Å². The average molecular weight is 418 g/mol. The van der Waals surface area contributed by atoms with Gasteiger partial charge in [0.2, 0.25) is 6.79 Å². The van der Waals surface area contributed by atoms with Gasteiger partial charge < -0.3 is 9.47 Å². The quantitative estimate of drug-likeness (QED) is 0.619. The maximum atomic E-state index is 13.2. The van der Waals surface area contributed by atoms with E-state index in [0.717, 1.165) is 38.2 Å². The number of hydrogen-bond acceptors (Lipinski definition) is 5. The van der Waals surface area contributed by atoms with E-state index in [1.807, 2.05) is 24.4 Å². The van der Waals surface area contributed by atoms with E-state index < -0.39 is 0 Å². The number of piperidine rings is 1. The molecule has 2 aliphatic rings. The van der Waals surface area contributed by atoms with E-state index in [0.29, 0.717) is 17.1 Å². The smallest absolute Gasteiger partial charge is 0.231 e. The van der Waals surface area contributed by atoms with Gasteiger partial charge in [-0.05, 0) is 63.1 Å². The molecule has 2 aliphatic heterocycles. The van der Waals surface area contributed by atoms with E-state index in [4.69, 9.17) is 9.47 Å². The number of fused-ring (bicyclic) bond motifs is 1. The lowest BCUT2D eigenvalue weighted by molar-refractivity contribution is 0.0811. The number of carbonyl (C=O) groups is 1. The zero-order valence-electron chi connectivity index (χ0n) is 18.0. The van der Waals surface area contributed by atoms with Crippen LogP contribution in [-0.4, -0.2) is 40.8 Å². The Morgan fingerprint density at radius 3 is 2.94 bits per heavy atom. The van der Waals surface area contributed by atoms with Crippen molar-refractivity contribution in [1.29, 1.82) is 0 Å². The van der Waals surface area contributed by atoms with Crippen LogP contribution in [0.1, 0.15) is 39.9 Å². The molecule has 5 rings (SSSR count). The highest BCUT2D eigenvalue weighted by molar-refractivity contribution is 5.98. The summed E-state index contributed by atoms with van der Waals surface area (Å²) in [5.41, 5.74) is 6.60. The van der Waals surface area contributed by atoms with Crippen molar-refractivity contribution in [3.63, 3.8) is 0 Å². The third kappa shape index (κ3) is 3.95. The van der Waals surface area contributed by atoms with Gasteiger partial charge in [-0.1, -0.05) is 17.7 Å². The van der Waals surface area contributed by atoms with Crippen molar-refractivity contribution in [3.05, 3.63) is 64.8 Å². The number of benzene rings is 2. The Kier molecular flexibility index (Phi) is 5.24. The van der Waals surface area contributed by atoms with Gasteiger partial charge in [-0.3, -0.25) is 14.8 Å². The van der Waals surface area contributed by atoms with Gasteiger partial charge in [0, 0.05) is 35.7 Å². The number of aromatic nitrogens is 2. The molecule has 0 spiro atoms. The number of hydrogen-bond donors (Lipinski definition) is 1. The van der Waals surface area contributed by atoms with E-state index in [1.54, 1.807) is 0 Å². The number of rotatable bonds is 5. The summed E-state index contributed by atoms with van der Waals surface area (Å²) in [5, 5.41) is 7.52. The molecule has 6 heteroatoms. The topological polar surface area (TPSA) is 67.5 Å². The predicted octanol–water partition coefficient (Wildman–Crippen LogP) is 4.52. The molecule has 1 fully saturated rings. The molecule has 3 heterocycles. The van der Waals surface area contributed by atoms with Gasteiger partial charge in [0.15, 0.2) is 17.3 Å². The summed E-state index contributed by atoms with van der Waals surface area (Å²) in [6, 6.07) is 12.0. The van der Waals surface area contributed by atoms with Crippen LogP contribution in [-0.2, 0) is 6.54 Å². The summed E-state index contributed by atoms with van der Waals surface area (Å²) < 4.78 is 10.8. The number of aromatic amines is 1. The number of H-pyrrole nitrogens is 1. The minimum absolute atomic E-state index is 0.00909. The second-order valence-electron chi connectivity index (χ2n) is 8.60. The van der Waals surface area contributed by atoms with E-state index in [-0.39, 0.29) is 18.5 Å². The number of Topliss-reactive ketones (excluding diaryl/α,β-unsaturated/α-hetero) is 1. The zero-order chi connectivity index (χ0) is 21.4. The van der Waals surface area contributed by atoms with Crippen LogP contribution in [0.3, 0.4) is 0 Å². The summed E-state index contributed by atoms with van der Waals surface area (Å²) in [6.07, 6.45) is 3.84. The normalized spacial score (nSPS) is 18.3. The van der Waals surface area contributed by atoms with Crippen LogP contribution in [0.2, 0.25) is 0 Å². The first kappa shape index (κ1) is 19.8. The highest BCUT2D eigenvalue weighted by Gasteiger charge is 2.28. The molecule has 1 saturated heterocycles. The molecule has 0 bridgehead atoms. The highest BCUT2D eigenvalue weighted by Crippen LogP contribution is 2.34. The lowest BCUT2D eigenvalue weighted by Crippen LogP contribution is -2.38. The SMILES string of the molecule is Cc1ccc(C)c(-c2[nH]ncc2CN2CCC[C@H](C(=O)c3ccc4c(c3)OCO4)C2)c1. The van der Waals surface area contributed by atoms with Gasteiger partial charge in [0.25, 0.3) is 0 Å². The molecule has 0 aliphatic carbocycles. The number of aryl methyl sites for hydroxylation is 2. The molecular weight excluding hydrogens is 390 g/mol. The van der Waals surface area contributed by atoms with Crippen molar-refractivity contribution in [3.8, 4) is 22.8 Å². The second kappa shape index (κ2) is 8.19. The van der Waals surface area contributed by atoms with Gasteiger partial charge in [0.05, 0.1) is 11.9 Å². The molecule has 1 N–H and O–H groups in total. The molecule has 31 heavy (non-hydrogen) atoms. The van der Waals surface area contributed by atoms with Crippen LogP contribution < -0.4 is 9.47 Å². The van der Waals surface area contributed by atoms with Crippen LogP contribution in [0.15, 0.2) is 42.6 Å². The Hall–Kier alpha value is -3.12. The maximum Gasteiger partial charge on any atom is 0.231 e. The minimum atomic E-state index is -0.00909. The highest BCUT2D eigenvalue weighted by atomic mass is 16.7. The Balaban J connectivity index is 1.31. The van der Waals surface area contributed by atoms with Crippen molar-refractivity contribution in [2.24, 2.45) is 5.92 Å². The number of nitrogens with one attached hydrogen (secondary N) is 1. The lowest BCUT2D eigenvalue weighted by Gasteiger charge is -2.32. The number of carbonyl (C=O) groups excluding carboxylic acids is 1. The molecule has 1 aromatic heterocycles. The Bertz CT molecular complexity index is 1120. The van der Waals surface area contributed by atoms with Crippen LogP contribution >= 0.6 is 0 Å². The molecule has 0 unspecified atom stereocenters. The van der Waals surface area contributed by atoms with Crippen LogP contribution in [0, 0.1) is 19.8 Å². The molecular formula is C25H27N3O3. The lowest BCUT2D eigenvalue weighted by atomic mass is 9.89. The first-order chi connectivity index (χ1) is 15.1. The van der Waals surface area contributed by atoms with Crippen molar-refractivity contribution in [1.82, 2.24) is 15.1 Å². The van der Waals surface area contributed by atoms with E-state index >= 15 is 0 Å². The maximum absolute atomic E-state index is 13.2. The number of ketones is 1. The number of ether oxygens (including phenoxy) is 2. The summed E-state index contributed by atoms with van der Waals surface area (Å²) in [4.78, 5) is 15.6. The van der Waals surface area contributed by atoms with Gasteiger partial charge in [0.1, 0.15) is 0 Å². The van der Waals surface area contributed by atoms with E-state index in [1.165, 1.54) is 22.3 Å². The first-order valence-corrected chi connectivity index (χ1v) is 10.8. The molecule has 0 saturated carbocycles. The molecule has 1 atom stereocenters. The molecule has 0 radical (unpaired) electrons. The molecule has 6 nitrogen and oxygen atoms in total. The van der Waals surface area contributed by atoms with E-state index in [9.17, 15) is 4.79 Å². The van der Waals surface area contributed by atoms with Crippen molar-refractivity contribution in [2.45, 2.75) is 33.2 Å². The fourth-order valence-corrected chi connectivity index (χ4v) is 4.61.